The number of fused-ring (bicyclic) bond motifs is 1. The molecule has 2 unspecified atom stereocenters. The summed E-state index contributed by atoms with van der Waals surface area (Å²) in [7, 11) is 0. The summed E-state index contributed by atoms with van der Waals surface area (Å²) in [5, 5.41) is 5.90. The van der Waals surface area contributed by atoms with E-state index < -0.39 is 0 Å². The lowest BCUT2D eigenvalue weighted by Crippen LogP contribution is -2.41. The zero-order chi connectivity index (χ0) is 15.0. The van der Waals surface area contributed by atoms with Gasteiger partial charge in [-0.15, -0.1) is 0 Å². The van der Waals surface area contributed by atoms with E-state index in [-0.39, 0.29) is 11.6 Å². The van der Waals surface area contributed by atoms with Crippen LogP contribution >= 0.6 is 12.2 Å². The van der Waals surface area contributed by atoms with Gasteiger partial charge in [0.25, 0.3) is 0 Å². The Morgan fingerprint density at radius 1 is 1.29 bits per heavy atom. The zero-order valence-corrected chi connectivity index (χ0v) is 13.2. The van der Waals surface area contributed by atoms with Crippen molar-refractivity contribution in [2.24, 2.45) is 5.73 Å². The highest BCUT2D eigenvalue weighted by molar-refractivity contribution is 7.80. The molecule has 0 aromatic heterocycles. The fourth-order valence-electron chi connectivity index (χ4n) is 2.93. The third-order valence-electron chi connectivity index (χ3n) is 4.50. The SMILES string of the molecule is CC1OCCC1(C)Nc1ccc(C(N)=S)c2ccccc12. The lowest BCUT2D eigenvalue weighted by Gasteiger charge is -2.31. The van der Waals surface area contributed by atoms with Crippen molar-refractivity contribution < 1.29 is 4.74 Å². The van der Waals surface area contributed by atoms with Crippen LogP contribution in [-0.4, -0.2) is 23.2 Å². The molecule has 2 atom stereocenters. The Balaban J connectivity index is 2.08. The molecule has 4 heteroatoms. The van der Waals surface area contributed by atoms with Gasteiger partial charge in [0, 0.05) is 23.2 Å². The minimum atomic E-state index is -0.0481. The van der Waals surface area contributed by atoms with Crippen LogP contribution in [0.1, 0.15) is 25.8 Å². The van der Waals surface area contributed by atoms with Crippen LogP contribution in [0.2, 0.25) is 0 Å². The number of nitrogens with two attached hydrogens (primary N) is 1. The molecule has 2 aromatic carbocycles. The fraction of sp³-hybridized carbons (Fsp3) is 0.353. The summed E-state index contributed by atoms with van der Waals surface area (Å²) in [6, 6.07) is 12.3. The quantitative estimate of drug-likeness (QED) is 0.852. The molecule has 1 heterocycles. The van der Waals surface area contributed by atoms with E-state index >= 15 is 0 Å². The van der Waals surface area contributed by atoms with Crippen LogP contribution in [0, 0.1) is 0 Å². The van der Waals surface area contributed by atoms with Gasteiger partial charge in [0.05, 0.1) is 11.6 Å². The first-order valence-corrected chi connectivity index (χ1v) is 7.63. The standard InChI is InChI=1S/C17H20N2OS/c1-11-17(2,9-10-20-11)19-15-8-7-14(16(18)21)12-5-3-4-6-13(12)15/h3-8,11,19H,9-10H2,1-2H3,(H2,18,21). The number of anilines is 1. The zero-order valence-electron chi connectivity index (χ0n) is 12.3. The molecule has 2 aromatic rings. The number of thiocarbonyl (C=S) groups is 1. The van der Waals surface area contributed by atoms with Gasteiger partial charge in [-0.25, -0.2) is 0 Å². The lowest BCUT2D eigenvalue weighted by molar-refractivity contribution is 0.105. The molecule has 1 saturated heterocycles. The van der Waals surface area contributed by atoms with Gasteiger partial charge >= 0.3 is 0 Å². The van der Waals surface area contributed by atoms with Gasteiger partial charge in [-0.3, -0.25) is 0 Å². The summed E-state index contributed by atoms with van der Waals surface area (Å²) in [6.07, 6.45) is 1.19. The van der Waals surface area contributed by atoms with Crippen molar-refractivity contribution in [3.63, 3.8) is 0 Å². The molecule has 0 aliphatic carbocycles. The van der Waals surface area contributed by atoms with Crippen molar-refractivity contribution in [1.29, 1.82) is 0 Å². The Labute approximate surface area is 130 Å². The van der Waals surface area contributed by atoms with Crippen LogP contribution in [0.15, 0.2) is 36.4 Å². The molecule has 3 N–H and O–H groups in total. The van der Waals surface area contributed by atoms with Crippen LogP contribution in [0.3, 0.4) is 0 Å². The van der Waals surface area contributed by atoms with Gasteiger partial charge < -0.3 is 15.8 Å². The van der Waals surface area contributed by atoms with Crippen molar-refractivity contribution in [1.82, 2.24) is 0 Å². The molecule has 110 valence electrons. The number of nitrogens with one attached hydrogen (secondary N) is 1. The third kappa shape index (κ3) is 2.49. The molecular formula is C17H20N2OS. The Bertz CT molecular complexity index is 700. The van der Waals surface area contributed by atoms with Crippen LogP contribution in [0.25, 0.3) is 10.8 Å². The average Bonchev–Trinajstić information content (AvgIpc) is 2.78. The van der Waals surface area contributed by atoms with Crippen LogP contribution in [0.4, 0.5) is 5.69 Å². The monoisotopic (exact) mass is 300 g/mol. The van der Waals surface area contributed by atoms with Gasteiger partial charge in [0.15, 0.2) is 0 Å². The number of rotatable bonds is 3. The maximum absolute atomic E-state index is 5.83. The molecule has 0 radical (unpaired) electrons. The van der Waals surface area contributed by atoms with E-state index in [2.05, 4.69) is 37.4 Å². The van der Waals surface area contributed by atoms with Crippen LogP contribution in [0.5, 0.6) is 0 Å². The maximum atomic E-state index is 5.83. The molecule has 3 rings (SSSR count). The van der Waals surface area contributed by atoms with E-state index in [0.717, 1.165) is 35.1 Å². The Hall–Kier alpha value is -1.65. The highest BCUT2D eigenvalue weighted by Crippen LogP contribution is 2.34. The van der Waals surface area contributed by atoms with Gasteiger partial charge in [0.2, 0.25) is 0 Å². The largest absolute Gasteiger partial charge is 0.389 e. The van der Waals surface area contributed by atoms with E-state index in [4.69, 9.17) is 22.7 Å². The molecule has 1 fully saturated rings. The number of ether oxygens (including phenoxy) is 1. The van der Waals surface area contributed by atoms with Crippen molar-refractivity contribution in [2.75, 3.05) is 11.9 Å². The first kappa shape index (κ1) is 14.3. The summed E-state index contributed by atoms with van der Waals surface area (Å²) in [4.78, 5) is 0.432. The normalized spacial score (nSPS) is 25.1. The van der Waals surface area contributed by atoms with Gasteiger partial charge in [-0.05, 0) is 37.8 Å². The number of benzene rings is 2. The highest BCUT2D eigenvalue weighted by Gasteiger charge is 2.37. The van der Waals surface area contributed by atoms with Crippen molar-refractivity contribution >= 4 is 33.7 Å². The summed E-state index contributed by atoms with van der Waals surface area (Å²) >= 11 is 5.15. The molecule has 1 aliphatic rings. The molecule has 0 bridgehead atoms. The van der Waals surface area contributed by atoms with E-state index in [1.54, 1.807) is 0 Å². The first-order chi connectivity index (χ1) is 10.0. The maximum Gasteiger partial charge on any atom is 0.104 e. The molecule has 0 amide bonds. The van der Waals surface area contributed by atoms with Crippen molar-refractivity contribution in [3.05, 3.63) is 42.0 Å². The van der Waals surface area contributed by atoms with Crippen molar-refractivity contribution in [3.8, 4) is 0 Å². The fourth-order valence-corrected chi connectivity index (χ4v) is 3.11. The van der Waals surface area contributed by atoms with Gasteiger partial charge in [0.1, 0.15) is 4.99 Å². The molecule has 3 nitrogen and oxygen atoms in total. The Morgan fingerprint density at radius 3 is 2.62 bits per heavy atom. The van der Waals surface area contributed by atoms with Crippen LogP contribution in [-0.2, 0) is 4.74 Å². The minimum Gasteiger partial charge on any atom is -0.389 e. The van der Waals surface area contributed by atoms with E-state index in [1.807, 2.05) is 18.2 Å². The lowest BCUT2D eigenvalue weighted by atomic mass is 9.93. The number of hydrogen-bond acceptors (Lipinski definition) is 3. The highest BCUT2D eigenvalue weighted by atomic mass is 32.1. The predicted molar refractivity (Wildman–Crippen MR) is 91.9 cm³/mol. The topological polar surface area (TPSA) is 47.3 Å². The Kier molecular flexibility index (Phi) is 3.59. The number of hydrogen-bond donors (Lipinski definition) is 2. The second kappa shape index (κ2) is 5.28. The molecular weight excluding hydrogens is 280 g/mol. The second-order valence-electron chi connectivity index (χ2n) is 5.88. The van der Waals surface area contributed by atoms with Gasteiger partial charge in [-0.1, -0.05) is 36.5 Å². The average molecular weight is 300 g/mol. The molecule has 1 aliphatic heterocycles. The Morgan fingerprint density at radius 2 is 2.00 bits per heavy atom. The summed E-state index contributed by atoms with van der Waals surface area (Å²) in [6.45, 7) is 5.13. The van der Waals surface area contributed by atoms with E-state index in [0.29, 0.717) is 4.99 Å². The molecule has 0 spiro atoms. The summed E-state index contributed by atoms with van der Waals surface area (Å²) < 4.78 is 5.71. The predicted octanol–water partition coefficient (Wildman–Crippen LogP) is 3.45. The molecule has 0 saturated carbocycles. The summed E-state index contributed by atoms with van der Waals surface area (Å²) in [5.74, 6) is 0. The smallest absolute Gasteiger partial charge is 0.104 e. The summed E-state index contributed by atoms with van der Waals surface area (Å²) in [5.41, 5.74) is 7.81. The van der Waals surface area contributed by atoms with E-state index in [9.17, 15) is 0 Å². The molecule has 21 heavy (non-hydrogen) atoms. The van der Waals surface area contributed by atoms with E-state index in [1.165, 1.54) is 0 Å². The van der Waals surface area contributed by atoms with Gasteiger partial charge in [-0.2, -0.15) is 0 Å². The minimum absolute atomic E-state index is 0.0481. The third-order valence-corrected chi connectivity index (χ3v) is 4.72. The second-order valence-corrected chi connectivity index (χ2v) is 6.32. The van der Waals surface area contributed by atoms with Crippen LogP contribution < -0.4 is 11.1 Å². The van der Waals surface area contributed by atoms with Crippen molar-refractivity contribution in [2.45, 2.75) is 31.9 Å². The first-order valence-electron chi connectivity index (χ1n) is 7.22.